The quantitative estimate of drug-likeness (QED) is 0.504. The van der Waals surface area contributed by atoms with Gasteiger partial charge in [-0.2, -0.15) is 0 Å². The van der Waals surface area contributed by atoms with Crippen molar-refractivity contribution in [2.75, 3.05) is 14.2 Å². The molecule has 5 rings (SSSR count). The van der Waals surface area contributed by atoms with Crippen molar-refractivity contribution in [1.82, 2.24) is 24.9 Å². The number of methoxy groups -OCH3 is 1. The lowest BCUT2D eigenvalue weighted by Gasteiger charge is -2.33. The number of ether oxygens (including phenoxy) is 3. The molecule has 36 heavy (non-hydrogen) atoms. The number of nitrogens with zero attached hydrogens (tertiary/aromatic N) is 5. The molecule has 2 aromatic rings. The molecular formula is C26H35N5O5. The van der Waals surface area contributed by atoms with Crippen LogP contribution in [-0.2, 0) is 27.9 Å². The lowest BCUT2D eigenvalue weighted by molar-refractivity contribution is -0.147. The maximum absolute atomic E-state index is 12.5. The lowest BCUT2D eigenvalue weighted by Crippen LogP contribution is -2.41. The minimum atomic E-state index is -0.333. The van der Waals surface area contributed by atoms with Gasteiger partial charge in [0.15, 0.2) is 0 Å². The molecule has 10 heteroatoms. The number of rotatable bonds is 8. The van der Waals surface area contributed by atoms with Gasteiger partial charge in [0.25, 0.3) is 0 Å². The van der Waals surface area contributed by atoms with Crippen LogP contribution in [-0.4, -0.2) is 63.2 Å². The minimum absolute atomic E-state index is 0.0350. The Morgan fingerprint density at radius 2 is 1.89 bits per heavy atom. The molecule has 0 bridgehead atoms. The van der Waals surface area contributed by atoms with E-state index >= 15 is 0 Å². The van der Waals surface area contributed by atoms with Crippen molar-refractivity contribution in [2.24, 2.45) is 13.0 Å². The van der Waals surface area contributed by atoms with Crippen molar-refractivity contribution < 1.29 is 23.8 Å². The zero-order chi connectivity index (χ0) is 25.2. The summed E-state index contributed by atoms with van der Waals surface area (Å²) in [5, 5.41) is 8.49. The molecule has 10 nitrogen and oxygen atoms in total. The fraction of sp³-hybridized carbons (Fsp3) is 0.654. The molecule has 3 aliphatic carbocycles. The molecule has 0 radical (unpaired) electrons. The van der Waals surface area contributed by atoms with Gasteiger partial charge in [-0.25, -0.2) is 14.5 Å². The first-order valence-electron chi connectivity index (χ1n) is 13.0. The first-order chi connectivity index (χ1) is 17.4. The third-order valence-corrected chi connectivity index (χ3v) is 7.73. The van der Waals surface area contributed by atoms with E-state index in [1.54, 1.807) is 23.7 Å². The summed E-state index contributed by atoms with van der Waals surface area (Å²) in [4.78, 5) is 31.1. The molecular weight excluding hydrogens is 462 g/mol. The van der Waals surface area contributed by atoms with Crippen molar-refractivity contribution in [3.05, 3.63) is 23.5 Å². The van der Waals surface area contributed by atoms with Crippen LogP contribution in [0.15, 0.2) is 12.1 Å². The van der Waals surface area contributed by atoms with Gasteiger partial charge in [0.2, 0.25) is 0 Å². The maximum Gasteiger partial charge on any atom is 0.410 e. The molecule has 2 aromatic heterocycles. The number of esters is 1. The Morgan fingerprint density at radius 1 is 1.11 bits per heavy atom. The molecule has 0 N–H and O–H groups in total. The highest BCUT2D eigenvalue weighted by Crippen LogP contribution is 2.45. The number of aromatic nitrogens is 4. The second kappa shape index (κ2) is 10.4. The zero-order valence-corrected chi connectivity index (χ0v) is 21.3. The molecule has 3 saturated carbocycles. The van der Waals surface area contributed by atoms with E-state index in [0.717, 1.165) is 62.8 Å². The average molecular weight is 498 g/mol. The number of amides is 1. The average Bonchev–Trinajstić information content (AvgIpc) is 3.64. The highest BCUT2D eigenvalue weighted by molar-refractivity contribution is 5.72. The van der Waals surface area contributed by atoms with E-state index in [2.05, 4.69) is 10.3 Å². The van der Waals surface area contributed by atoms with E-state index in [4.69, 9.17) is 19.2 Å². The monoisotopic (exact) mass is 497 g/mol. The second-order valence-corrected chi connectivity index (χ2v) is 10.2. The number of pyridine rings is 1. The highest BCUT2D eigenvalue weighted by Gasteiger charge is 2.33. The van der Waals surface area contributed by atoms with E-state index in [1.807, 2.05) is 12.1 Å². The summed E-state index contributed by atoms with van der Waals surface area (Å²) < 4.78 is 18.6. The zero-order valence-electron chi connectivity index (χ0n) is 21.3. The van der Waals surface area contributed by atoms with Gasteiger partial charge in [0, 0.05) is 26.1 Å². The first-order valence-corrected chi connectivity index (χ1v) is 13.0. The van der Waals surface area contributed by atoms with Gasteiger partial charge in [-0.3, -0.25) is 4.79 Å². The predicted molar refractivity (Wildman–Crippen MR) is 130 cm³/mol. The molecule has 2 heterocycles. The summed E-state index contributed by atoms with van der Waals surface area (Å²) in [5.74, 6) is 0.859. The summed E-state index contributed by atoms with van der Waals surface area (Å²) in [6, 6.07) is 4.11. The number of hydrogen-bond acceptors (Lipinski definition) is 8. The molecule has 3 fully saturated rings. The second-order valence-electron chi connectivity index (χ2n) is 10.2. The van der Waals surface area contributed by atoms with Gasteiger partial charge in [-0.05, 0) is 69.9 Å². The van der Waals surface area contributed by atoms with Crippen LogP contribution in [0.3, 0.4) is 0 Å². The fourth-order valence-corrected chi connectivity index (χ4v) is 5.05. The Morgan fingerprint density at radius 3 is 2.58 bits per heavy atom. The molecule has 0 spiro atoms. The van der Waals surface area contributed by atoms with Crippen molar-refractivity contribution in [1.29, 1.82) is 0 Å². The SMILES string of the molecule is COC(=O)[C@H]1CCC[C@H](Oc2ccc(-c3nnn(C)c3COC(=O)N(C)C3CCC3)nc2C2CC2)C1. The normalized spacial score (nSPS) is 22.0. The van der Waals surface area contributed by atoms with E-state index < -0.39 is 0 Å². The predicted octanol–water partition coefficient (Wildman–Crippen LogP) is 3.99. The summed E-state index contributed by atoms with van der Waals surface area (Å²) in [6.45, 7) is 0.0738. The van der Waals surface area contributed by atoms with Gasteiger partial charge in [-0.1, -0.05) is 5.21 Å². The number of carbonyl (C=O) groups excluding carboxylic acids is 2. The summed E-state index contributed by atoms with van der Waals surface area (Å²) in [5.41, 5.74) is 2.91. The smallest absolute Gasteiger partial charge is 0.410 e. The van der Waals surface area contributed by atoms with E-state index in [0.29, 0.717) is 29.4 Å². The molecule has 1 amide bonds. The summed E-state index contributed by atoms with van der Waals surface area (Å²) in [7, 11) is 5.01. The number of hydrogen-bond donors (Lipinski definition) is 0. The molecule has 0 aliphatic heterocycles. The van der Waals surface area contributed by atoms with Crippen LogP contribution < -0.4 is 4.74 Å². The van der Waals surface area contributed by atoms with Crippen molar-refractivity contribution in [2.45, 2.75) is 82.5 Å². The molecule has 0 unspecified atom stereocenters. The Balaban J connectivity index is 1.31. The maximum atomic E-state index is 12.5. The molecule has 0 saturated heterocycles. The molecule has 0 aromatic carbocycles. The van der Waals surface area contributed by atoms with E-state index in [-0.39, 0.29) is 36.7 Å². The van der Waals surface area contributed by atoms with Crippen LogP contribution in [0.2, 0.25) is 0 Å². The Hall–Kier alpha value is -3.17. The standard InChI is InChI=1S/C26H35N5O5/c1-30(18-7-5-8-18)26(33)35-15-21-24(28-29-31(21)2)20-12-13-22(23(27-20)16-10-11-16)36-19-9-4-6-17(14-19)25(32)34-3/h12-13,16-19H,4-11,14-15H2,1-3H3/t17-,19-/m0/s1. The minimum Gasteiger partial charge on any atom is -0.488 e. The van der Waals surface area contributed by atoms with Gasteiger partial charge in [-0.15, -0.1) is 5.10 Å². The lowest BCUT2D eigenvalue weighted by atomic mass is 9.87. The van der Waals surface area contributed by atoms with Crippen LogP contribution >= 0.6 is 0 Å². The van der Waals surface area contributed by atoms with Crippen LogP contribution in [0, 0.1) is 5.92 Å². The van der Waals surface area contributed by atoms with Crippen LogP contribution in [0.5, 0.6) is 5.75 Å². The number of aryl methyl sites for hydroxylation is 1. The van der Waals surface area contributed by atoms with E-state index in [9.17, 15) is 9.59 Å². The third kappa shape index (κ3) is 5.17. The fourth-order valence-electron chi connectivity index (χ4n) is 5.05. The highest BCUT2D eigenvalue weighted by atomic mass is 16.6. The van der Waals surface area contributed by atoms with Crippen LogP contribution in [0.25, 0.3) is 11.4 Å². The summed E-state index contributed by atoms with van der Waals surface area (Å²) >= 11 is 0. The van der Waals surface area contributed by atoms with E-state index in [1.165, 1.54) is 7.11 Å². The van der Waals surface area contributed by atoms with Gasteiger partial charge >= 0.3 is 12.1 Å². The Labute approximate surface area is 211 Å². The first kappa shape index (κ1) is 24.5. The topological polar surface area (TPSA) is 109 Å². The van der Waals surface area contributed by atoms with Crippen LogP contribution in [0.1, 0.15) is 75.1 Å². The Kier molecular flexibility index (Phi) is 7.11. The van der Waals surface area contributed by atoms with Gasteiger partial charge < -0.3 is 19.1 Å². The van der Waals surface area contributed by atoms with Gasteiger partial charge in [0.1, 0.15) is 23.7 Å². The van der Waals surface area contributed by atoms with Crippen molar-refractivity contribution >= 4 is 12.1 Å². The molecule has 194 valence electrons. The number of carbonyl (C=O) groups is 2. The van der Waals surface area contributed by atoms with Crippen LogP contribution in [0.4, 0.5) is 4.79 Å². The molecule has 2 atom stereocenters. The van der Waals surface area contributed by atoms with Gasteiger partial charge in [0.05, 0.1) is 30.5 Å². The Bertz CT molecular complexity index is 1110. The summed E-state index contributed by atoms with van der Waals surface area (Å²) in [6.07, 6.45) is 8.32. The third-order valence-electron chi connectivity index (χ3n) is 7.73. The molecule has 3 aliphatic rings. The largest absolute Gasteiger partial charge is 0.488 e. The van der Waals surface area contributed by atoms with Crippen molar-refractivity contribution in [3.63, 3.8) is 0 Å². The van der Waals surface area contributed by atoms with Crippen molar-refractivity contribution in [3.8, 4) is 17.1 Å².